The number of methoxy groups -OCH3 is 1. The van der Waals surface area contributed by atoms with Gasteiger partial charge in [0.15, 0.2) is 17.1 Å². The van der Waals surface area contributed by atoms with Gasteiger partial charge in [-0.05, 0) is 30.5 Å². The van der Waals surface area contributed by atoms with Crippen molar-refractivity contribution in [2.24, 2.45) is 0 Å². The Morgan fingerprint density at radius 2 is 1.89 bits per heavy atom. The minimum absolute atomic E-state index is 0.0400. The van der Waals surface area contributed by atoms with Crippen LogP contribution in [0.3, 0.4) is 0 Å². The lowest BCUT2D eigenvalue weighted by atomic mass is 10.0. The molecule has 1 aromatic heterocycles. The Hall–Kier alpha value is -2.79. The molecule has 0 N–H and O–H groups in total. The highest BCUT2D eigenvalue weighted by atomic mass is 16.5. The minimum atomic E-state index is -0.0532. The summed E-state index contributed by atoms with van der Waals surface area (Å²) < 4.78 is 11.3. The third-order valence-electron chi connectivity index (χ3n) is 5.86. The van der Waals surface area contributed by atoms with Crippen molar-refractivity contribution < 1.29 is 13.9 Å². The number of para-hydroxylation sites is 1. The first-order valence-electron chi connectivity index (χ1n) is 9.91. The second-order valence-corrected chi connectivity index (χ2v) is 7.64. The molecule has 1 aliphatic carbocycles. The summed E-state index contributed by atoms with van der Waals surface area (Å²) in [6.45, 7) is 2.51. The number of hydrogen-bond acceptors (Lipinski definition) is 4. The highest BCUT2D eigenvalue weighted by molar-refractivity contribution is 5.97. The van der Waals surface area contributed by atoms with Crippen LogP contribution in [0.5, 0.6) is 5.75 Å². The van der Waals surface area contributed by atoms with Crippen LogP contribution < -0.4 is 4.74 Å². The summed E-state index contributed by atoms with van der Waals surface area (Å²) >= 11 is 0. The van der Waals surface area contributed by atoms with E-state index in [9.17, 15) is 4.79 Å². The second-order valence-electron chi connectivity index (χ2n) is 7.64. The summed E-state index contributed by atoms with van der Waals surface area (Å²) in [4.78, 5) is 17.9. The van der Waals surface area contributed by atoms with Gasteiger partial charge in [-0.25, -0.2) is 0 Å². The summed E-state index contributed by atoms with van der Waals surface area (Å²) in [7, 11) is 1.61. The van der Waals surface area contributed by atoms with E-state index >= 15 is 0 Å². The molecular weight excluding hydrogens is 352 g/mol. The molecule has 2 fully saturated rings. The van der Waals surface area contributed by atoms with Gasteiger partial charge >= 0.3 is 0 Å². The second kappa shape index (κ2) is 6.99. The normalized spacial score (nSPS) is 20.5. The van der Waals surface area contributed by atoms with Gasteiger partial charge < -0.3 is 14.1 Å². The van der Waals surface area contributed by atoms with Crippen molar-refractivity contribution in [2.45, 2.75) is 24.9 Å². The standard InChI is InChI=1S/C23H24N2O3/c1-27-20-9-5-8-17-14-21(28-22(17)20)23(26)25-13-12-24(18-10-11-18)15-19(25)16-6-3-2-4-7-16/h2-9,14,18-19H,10-13,15H2,1H3. The summed E-state index contributed by atoms with van der Waals surface area (Å²) in [5, 5.41) is 0.885. The van der Waals surface area contributed by atoms with Gasteiger partial charge in [0.2, 0.25) is 0 Å². The van der Waals surface area contributed by atoms with E-state index in [1.54, 1.807) is 7.11 Å². The van der Waals surface area contributed by atoms with Crippen molar-refractivity contribution in [1.29, 1.82) is 0 Å². The predicted molar refractivity (Wildman–Crippen MR) is 108 cm³/mol. The molecule has 1 saturated heterocycles. The lowest BCUT2D eigenvalue weighted by molar-refractivity contribution is 0.0406. The zero-order valence-corrected chi connectivity index (χ0v) is 16.0. The molecule has 2 heterocycles. The molecule has 3 aromatic rings. The van der Waals surface area contributed by atoms with Crippen LogP contribution >= 0.6 is 0 Å². The van der Waals surface area contributed by atoms with Gasteiger partial charge in [0, 0.05) is 31.1 Å². The molecule has 5 rings (SSSR count). The molecule has 0 bridgehead atoms. The third kappa shape index (κ3) is 3.06. The van der Waals surface area contributed by atoms with Gasteiger partial charge in [-0.1, -0.05) is 42.5 Å². The number of fused-ring (bicyclic) bond motifs is 1. The predicted octanol–water partition coefficient (Wildman–Crippen LogP) is 4.10. The van der Waals surface area contributed by atoms with E-state index in [0.717, 1.165) is 18.5 Å². The number of benzene rings is 2. The minimum Gasteiger partial charge on any atom is -0.493 e. The number of ether oxygens (including phenoxy) is 1. The average Bonchev–Trinajstić information content (AvgIpc) is 3.51. The first-order valence-corrected chi connectivity index (χ1v) is 9.91. The largest absolute Gasteiger partial charge is 0.493 e. The average molecular weight is 376 g/mol. The van der Waals surface area contributed by atoms with Crippen LogP contribution in [0, 0.1) is 0 Å². The molecule has 5 nitrogen and oxygen atoms in total. The molecule has 2 aromatic carbocycles. The quantitative estimate of drug-likeness (QED) is 0.688. The Balaban J connectivity index is 1.48. The molecule has 2 aliphatic rings. The number of furan rings is 1. The SMILES string of the molecule is COc1cccc2cc(C(=O)N3CCN(C4CC4)CC3c3ccccc3)oc12. The van der Waals surface area contributed by atoms with E-state index in [-0.39, 0.29) is 11.9 Å². The molecule has 0 radical (unpaired) electrons. The van der Waals surface area contributed by atoms with Crippen LogP contribution in [-0.2, 0) is 0 Å². The van der Waals surface area contributed by atoms with E-state index in [0.29, 0.717) is 29.7 Å². The van der Waals surface area contributed by atoms with Crippen molar-refractivity contribution in [3.8, 4) is 5.75 Å². The highest BCUT2D eigenvalue weighted by Crippen LogP contribution is 2.35. The zero-order valence-electron chi connectivity index (χ0n) is 16.0. The molecule has 1 saturated carbocycles. The van der Waals surface area contributed by atoms with Gasteiger partial charge in [-0.3, -0.25) is 9.69 Å². The maximum atomic E-state index is 13.4. The number of hydrogen-bond donors (Lipinski definition) is 0. The topological polar surface area (TPSA) is 45.9 Å². The number of carbonyl (C=O) groups is 1. The molecular formula is C23H24N2O3. The monoisotopic (exact) mass is 376 g/mol. The van der Waals surface area contributed by atoms with Gasteiger partial charge in [0.1, 0.15) is 0 Å². The zero-order chi connectivity index (χ0) is 19.1. The summed E-state index contributed by atoms with van der Waals surface area (Å²) in [6.07, 6.45) is 2.55. The van der Waals surface area contributed by atoms with Crippen LogP contribution in [0.4, 0.5) is 0 Å². The Labute approximate surface area is 164 Å². The lowest BCUT2D eigenvalue weighted by Crippen LogP contribution is -2.51. The first-order chi connectivity index (χ1) is 13.7. The smallest absolute Gasteiger partial charge is 0.290 e. The summed E-state index contributed by atoms with van der Waals surface area (Å²) in [5.41, 5.74) is 1.80. The van der Waals surface area contributed by atoms with E-state index in [1.807, 2.05) is 47.4 Å². The maximum Gasteiger partial charge on any atom is 0.290 e. The highest BCUT2D eigenvalue weighted by Gasteiger charge is 2.38. The Bertz CT molecular complexity index is 994. The van der Waals surface area contributed by atoms with Gasteiger partial charge in [-0.2, -0.15) is 0 Å². The van der Waals surface area contributed by atoms with Gasteiger partial charge in [0.25, 0.3) is 5.91 Å². The van der Waals surface area contributed by atoms with Crippen molar-refractivity contribution >= 4 is 16.9 Å². The van der Waals surface area contributed by atoms with Crippen molar-refractivity contribution in [3.63, 3.8) is 0 Å². The van der Waals surface area contributed by atoms with E-state index in [2.05, 4.69) is 17.0 Å². The fourth-order valence-electron chi connectivity index (χ4n) is 4.22. The molecule has 1 aliphatic heterocycles. The number of amides is 1. The van der Waals surface area contributed by atoms with E-state index in [4.69, 9.17) is 9.15 Å². The Morgan fingerprint density at radius 1 is 1.07 bits per heavy atom. The maximum absolute atomic E-state index is 13.4. The van der Waals surface area contributed by atoms with E-state index < -0.39 is 0 Å². The van der Waals surface area contributed by atoms with Crippen molar-refractivity contribution in [3.05, 3.63) is 65.9 Å². The fraction of sp³-hybridized carbons (Fsp3) is 0.348. The molecule has 28 heavy (non-hydrogen) atoms. The van der Waals surface area contributed by atoms with Crippen LogP contribution in [0.1, 0.15) is 35.0 Å². The van der Waals surface area contributed by atoms with Crippen molar-refractivity contribution in [2.75, 3.05) is 26.7 Å². The number of rotatable bonds is 4. The summed E-state index contributed by atoms with van der Waals surface area (Å²) in [5.74, 6) is 0.970. The third-order valence-corrected chi connectivity index (χ3v) is 5.86. The van der Waals surface area contributed by atoms with Crippen LogP contribution in [-0.4, -0.2) is 48.5 Å². The molecule has 5 heteroatoms. The van der Waals surface area contributed by atoms with Crippen LogP contribution in [0.2, 0.25) is 0 Å². The fourth-order valence-corrected chi connectivity index (χ4v) is 4.22. The van der Waals surface area contributed by atoms with Crippen molar-refractivity contribution in [1.82, 2.24) is 9.80 Å². The molecule has 0 spiro atoms. The first kappa shape index (κ1) is 17.3. The Kier molecular flexibility index (Phi) is 4.32. The number of carbonyl (C=O) groups excluding carboxylic acids is 1. The molecule has 144 valence electrons. The van der Waals surface area contributed by atoms with Crippen LogP contribution in [0.25, 0.3) is 11.0 Å². The molecule has 1 atom stereocenters. The lowest BCUT2D eigenvalue weighted by Gasteiger charge is -2.41. The van der Waals surface area contributed by atoms with E-state index in [1.165, 1.54) is 18.4 Å². The van der Waals surface area contributed by atoms with Crippen LogP contribution in [0.15, 0.2) is 59.0 Å². The number of nitrogens with zero attached hydrogens (tertiary/aromatic N) is 2. The van der Waals surface area contributed by atoms with Gasteiger partial charge in [-0.15, -0.1) is 0 Å². The summed E-state index contributed by atoms with van der Waals surface area (Å²) in [6, 6.07) is 18.6. The number of piperazine rings is 1. The Morgan fingerprint density at radius 3 is 2.64 bits per heavy atom. The molecule has 1 amide bonds. The molecule has 1 unspecified atom stereocenters. The van der Waals surface area contributed by atoms with Gasteiger partial charge in [0.05, 0.1) is 13.2 Å².